The zero-order chi connectivity index (χ0) is 15.1. The number of rotatable bonds is 7. The number of benzene rings is 2. The van der Waals surface area contributed by atoms with E-state index in [-0.39, 0.29) is 0 Å². The van der Waals surface area contributed by atoms with E-state index >= 15 is 0 Å². The molecule has 0 aliphatic rings. The highest BCUT2D eigenvalue weighted by atomic mass is 127. The molecule has 0 amide bonds. The Bertz CT molecular complexity index is 573. The second-order valence-corrected chi connectivity index (χ2v) is 6.12. The number of carbonyl (C=O) groups is 1. The van der Waals surface area contributed by atoms with Crippen molar-refractivity contribution in [3.63, 3.8) is 0 Å². The van der Waals surface area contributed by atoms with Crippen LogP contribution in [0.1, 0.15) is 26.2 Å². The summed E-state index contributed by atoms with van der Waals surface area (Å²) in [5.41, 5.74) is 2.38. The average Bonchev–Trinajstić information content (AvgIpc) is 2.52. The molecule has 0 unspecified atom stereocenters. The van der Waals surface area contributed by atoms with E-state index in [4.69, 9.17) is 4.74 Å². The van der Waals surface area contributed by atoms with Crippen molar-refractivity contribution in [2.24, 2.45) is 0 Å². The van der Waals surface area contributed by atoms with Crippen molar-refractivity contribution in [2.45, 2.75) is 26.2 Å². The molecule has 2 aromatic carbocycles. The van der Waals surface area contributed by atoms with Crippen LogP contribution < -0.4 is 4.74 Å². The van der Waals surface area contributed by atoms with Crippen LogP contribution in [0.5, 0.6) is 5.75 Å². The summed E-state index contributed by atoms with van der Waals surface area (Å²) in [5, 5.41) is 0. The Kier molecular flexibility index (Phi) is 6.23. The van der Waals surface area contributed by atoms with Gasteiger partial charge in [-0.25, -0.2) is 0 Å². The van der Waals surface area contributed by atoms with E-state index in [9.17, 15) is 4.79 Å². The molecule has 0 aromatic heterocycles. The molecule has 0 fully saturated rings. The van der Waals surface area contributed by atoms with Gasteiger partial charge >= 0.3 is 0 Å². The summed E-state index contributed by atoms with van der Waals surface area (Å²) in [6.07, 6.45) is 2.01. The maximum Gasteiger partial charge on any atom is 0.132 e. The number of hydrogen-bond acceptors (Lipinski definition) is 2. The van der Waals surface area contributed by atoms with Gasteiger partial charge in [-0.3, -0.25) is 4.79 Å². The predicted octanol–water partition coefficient (Wildman–Crippen LogP) is 5.10. The van der Waals surface area contributed by atoms with Crippen LogP contribution in [0.3, 0.4) is 0 Å². The fourth-order valence-corrected chi connectivity index (χ4v) is 2.38. The van der Waals surface area contributed by atoms with Gasteiger partial charge in [0.25, 0.3) is 0 Å². The molecule has 2 rings (SSSR count). The summed E-state index contributed by atoms with van der Waals surface area (Å²) in [5.74, 6) is 1.15. The second-order valence-electron chi connectivity index (χ2n) is 4.88. The molecule has 0 saturated carbocycles. The lowest BCUT2D eigenvalue weighted by Crippen LogP contribution is -2.02. The highest BCUT2D eigenvalue weighted by Gasteiger charge is 2.01. The third-order valence-corrected chi connectivity index (χ3v) is 4.01. The fraction of sp³-hybridized carbons (Fsp3) is 0.278. The summed E-state index contributed by atoms with van der Waals surface area (Å²) >= 11 is 2.30. The van der Waals surface area contributed by atoms with Crippen molar-refractivity contribution < 1.29 is 9.53 Å². The maximum atomic E-state index is 11.2. The number of hydrogen-bond donors (Lipinski definition) is 0. The second kappa shape index (κ2) is 8.17. The normalized spacial score (nSPS) is 10.4. The van der Waals surface area contributed by atoms with Gasteiger partial charge in [-0.05, 0) is 64.4 Å². The lowest BCUT2D eigenvalue weighted by Gasteiger charge is -2.07. The van der Waals surface area contributed by atoms with Crippen LogP contribution in [-0.4, -0.2) is 12.4 Å². The highest BCUT2D eigenvalue weighted by Crippen LogP contribution is 2.23. The van der Waals surface area contributed by atoms with Gasteiger partial charge in [0.1, 0.15) is 11.5 Å². The lowest BCUT2D eigenvalue weighted by atomic mass is 10.1. The van der Waals surface area contributed by atoms with E-state index < -0.39 is 0 Å². The Morgan fingerprint density at radius 3 is 2.14 bits per heavy atom. The first-order valence-electron chi connectivity index (χ1n) is 7.19. The number of Topliss-reactive ketones (excluding diaryl/α,β-unsaturated/α-hetero) is 1. The first kappa shape index (κ1) is 16.0. The minimum atomic E-state index is 0.299. The molecule has 0 heterocycles. The Hall–Kier alpha value is -1.36. The Balaban J connectivity index is 1.87. The number of halogens is 1. The minimum absolute atomic E-state index is 0.299. The third kappa shape index (κ3) is 5.16. The standard InChI is InChI=1S/C18H19IO2/c1-2-17(20)4-3-13-21-18-11-7-15(8-12-18)14-5-9-16(19)10-6-14/h5-12H,2-4,13H2,1H3. The van der Waals surface area contributed by atoms with E-state index in [1.165, 1.54) is 14.7 Å². The van der Waals surface area contributed by atoms with Gasteiger partial charge in [0.2, 0.25) is 0 Å². The summed E-state index contributed by atoms with van der Waals surface area (Å²) in [7, 11) is 0. The van der Waals surface area contributed by atoms with Crippen molar-refractivity contribution in [3.05, 3.63) is 52.1 Å². The van der Waals surface area contributed by atoms with Crippen LogP contribution in [0.15, 0.2) is 48.5 Å². The molecular formula is C18H19IO2. The molecule has 2 nitrogen and oxygen atoms in total. The van der Waals surface area contributed by atoms with E-state index in [1.807, 2.05) is 19.1 Å². The van der Waals surface area contributed by atoms with E-state index in [2.05, 4.69) is 59.0 Å². The quantitative estimate of drug-likeness (QED) is 0.483. The number of carbonyl (C=O) groups excluding carboxylic acids is 1. The molecule has 0 bridgehead atoms. The molecule has 0 atom stereocenters. The number of ether oxygens (including phenoxy) is 1. The van der Waals surface area contributed by atoms with Crippen molar-refractivity contribution in [1.82, 2.24) is 0 Å². The molecule has 0 N–H and O–H groups in total. The average molecular weight is 394 g/mol. The molecule has 0 spiro atoms. The molecule has 0 aliphatic carbocycles. The highest BCUT2D eigenvalue weighted by molar-refractivity contribution is 14.1. The summed E-state index contributed by atoms with van der Waals surface area (Å²) in [6, 6.07) is 16.5. The first-order chi connectivity index (χ1) is 10.2. The fourth-order valence-electron chi connectivity index (χ4n) is 2.02. The third-order valence-electron chi connectivity index (χ3n) is 3.29. The van der Waals surface area contributed by atoms with Gasteiger partial charge < -0.3 is 4.74 Å². The van der Waals surface area contributed by atoms with Crippen molar-refractivity contribution in [2.75, 3.05) is 6.61 Å². The largest absolute Gasteiger partial charge is 0.494 e. The topological polar surface area (TPSA) is 26.3 Å². The molecule has 2 aromatic rings. The van der Waals surface area contributed by atoms with Gasteiger partial charge in [-0.15, -0.1) is 0 Å². The van der Waals surface area contributed by atoms with Crippen LogP contribution in [0, 0.1) is 3.57 Å². The summed E-state index contributed by atoms with van der Waals surface area (Å²) < 4.78 is 6.89. The first-order valence-corrected chi connectivity index (χ1v) is 8.27. The van der Waals surface area contributed by atoms with Crippen LogP contribution >= 0.6 is 22.6 Å². The smallest absolute Gasteiger partial charge is 0.132 e. The van der Waals surface area contributed by atoms with Gasteiger partial charge in [-0.2, -0.15) is 0 Å². The molecule has 0 radical (unpaired) electrons. The molecule has 21 heavy (non-hydrogen) atoms. The van der Waals surface area contributed by atoms with Crippen LogP contribution in [0.25, 0.3) is 11.1 Å². The molecule has 3 heteroatoms. The summed E-state index contributed by atoms with van der Waals surface area (Å²) in [6.45, 7) is 2.49. The van der Waals surface area contributed by atoms with Crippen LogP contribution in [0.4, 0.5) is 0 Å². The van der Waals surface area contributed by atoms with Gasteiger partial charge in [-0.1, -0.05) is 31.2 Å². The van der Waals surface area contributed by atoms with Crippen molar-refractivity contribution in [3.8, 4) is 16.9 Å². The Labute approximate surface area is 139 Å². The monoisotopic (exact) mass is 394 g/mol. The number of ketones is 1. The Morgan fingerprint density at radius 2 is 1.57 bits per heavy atom. The van der Waals surface area contributed by atoms with Gasteiger partial charge in [0.05, 0.1) is 6.61 Å². The van der Waals surface area contributed by atoms with E-state index in [0.717, 1.165) is 12.2 Å². The Morgan fingerprint density at radius 1 is 1.00 bits per heavy atom. The minimum Gasteiger partial charge on any atom is -0.494 e. The zero-order valence-electron chi connectivity index (χ0n) is 12.1. The molecule has 0 saturated heterocycles. The predicted molar refractivity (Wildman–Crippen MR) is 94.6 cm³/mol. The molecular weight excluding hydrogens is 375 g/mol. The lowest BCUT2D eigenvalue weighted by molar-refractivity contribution is -0.118. The van der Waals surface area contributed by atoms with Crippen LogP contribution in [0.2, 0.25) is 0 Å². The molecule has 0 aliphatic heterocycles. The SMILES string of the molecule is CCC(=O)CCCOc1ccc(-c2ccc(I)cc2)cc1. The van der Waals surface area contributed by atoms with Crippen molar-refractivity contribution >= 4 is 28.4 Å². The molecule has 110 valence electrons. The maximum absolute atomic E-state index is 11.2. The van der Waals surface area contributed by atoms with Gasteiger partial charge in [0.15, 0.2) is 0 Å². The van der Waals surface area contributed by atoms with Crippen molar-refractivity contribution in [1.29, 1.82) is 0 Å². The van der Waals surface area contributed by atoms with E-state index in [0.29, 0.717) is 25.2 Å². The van der Waals surface area contributed by atoms with E-state index in [1.54, 1.807) is 0 Å². The van der Waals surface area contributed by atoms with Gasteiger partial charge in [0, 0.05) is 16.4 Å². The summed E-state index contributed by atoms with van der Waals surface area (Å²) in [4.78, 5) is 11.2. The van der Waals surface area contributed by atoms with Crippen LogP contribution in [-0.2, 0) is 4.79 Å². The zero-order valence-corrected chi connectivity index (χ0v) is 14.3.